The first-order valence-electron chi connectivity index (χ1n) is 11.1. The highest BCUT2D eigenvalue weighted by atomic mass is 19.2. The van der Waals surface area contributed by atoms with Crippen LogP contribution in [0.15, 0.2) is 36.8 Å². The molecule has 0 aliphatic carbocycles. The van der Waals surface area contributed by atoms with Gasteiger partial charge in [0.05, 0.1) is 37.1 Å². The van der Waals surface area contributed by atoms with Gasteiger partial charge < -0.3 is 9.80 Å². The number of amides is 2. The highest BCUT2D eigenvalue weighted by molar-refractivity contribution is 5.96. The van der Waals surface area contributed by atoms with E-state index in [9.17, 15) is 22.8 Å². The van der Waals surface area contributed by atoms with E-state index in [0.717, 1.165) is 17.8 Å². The second-order valence-electron chi connectivity index (χ2n) is 8.88. The van der Waals surface area contributed by atoms with E-state index in [1.165, 1.54) is 0 Å². The minimum atomic E-state index is -1.56. The maximum atomic E-state index is 13.6. The largest absolute Gasteiger partial charge is 0.332 e. The Morgan fingerprint density at radius 3 is 2.62 bits per heavy atom. The number of carbonyl (C=O) groups excluding carboxylic acids is 2. The molecule has 178 valence electrons. The third-order valence-corrected chi connectivity index (χ3v) is 6.44. The first kappa shape index (κ1) is 22.2. The van der Waals surface area contributed by atoms with Crippen molar-refractivity contribution >= 4 is 17.5 Å². The molecule has 1 unspecified atom stereocenters. The molecular weight excluding hydrogens is 449 g/mol. The number of fused-ring (bicyclic) bond motifs is 1. The molecule has 34 heavy (non-hydrogen) atoms. The summed E-state index contributed by atoms with van der Waals surface area (Å²) >= 11 is 0. The molecule has 2 amide bonds. The Hall–Kier alpha value is -3.63. The number of benzene rings is 1. The van der Waals surface area contributed by atoms with Crippen LogP contribution in [0.5, 0.6) is 0 Å². The van der Waals surface area contributed by atoms with Crippen molar-refractivity contribution in [3.05, 3.63) is 65.5 Å². The monoisotopic (exact) mass is 472 g/mol. The lowest BCUT2D eigenvalue weighted by atomic mass is 10.1. The second-order valence-corrected chi connectivity index (χ2v) is 8.88. The number of nitrogens with zero attached hydrogens (tertiary/aromatic N) is 6. The van der Waals surface area contributed by atoms with Crippen molar-refractivity contribution in [3.8, 4) is 0 Å². The van der Waals surface area contributed by atoms with E-state index >= 15 is 0 Å². The fourth-order valence-corrected chi connectivity index (χ4v) is 4.74. The van der Waals surface area contributed by atoms with E-state index in [0.29, 0.717) is 31.7 Å². The molecule has 3 aromatic rings. The molecule has 0 radical (unpaired) electrons. The Bertz CT molecular complexity index is 1220. The molecule has 1 saturated heterocycles. The summed E-state index contributed by atoms with van der Waals surface area (Å²) < 4.78 is 44.0. The predicted octanol–water partition coefficient (Wildman–Crippen LogP) is 2.52. The smallest absolute Gasteiger partial charge is 0.227 e. The standard InChI is InChI=1S/C23H23F3N6O2/c1-14-10-32-20(13-30(14)21(33)7-15-5-17(24)23(26)18(25)6-15)19(9-28-32)31-12-16(8-22(31)34)11-29-4-2-3-27-29/h2-6,9,14,16H,7-8,10-13H2,1H3/t14-,16?/m0/s1. The lowest BCUT2D eigenvalue weighted by Crippen LogP contribution is -2.46. The van der Waals surface area contributed by atoms with E-state index in [2.05, 4.69) is 10.2 Å². The van der Waals surface area contributed by atoms with Crippen LogP contribution in [0.4, 0.5) is 18.9 Å². The summed E-state index contributed by atoms with van der Waals surface area (Å²) in [5, 5.41) is 8.63. The van der Waals surface area contributed by atoms with Crippen LogP contribution in [0.25, 0.3) is 0 Å². The number of rotatable bonds is 5. The van der Waals surface area contributed by atoms with Gasteiger partial charge >= 0.3 is 0 Å². The van der Waals surface area contributed by atoms with Gasteiger partial charge in [-0.25, -0.2) is 13.2 Å². The molecule has 1 aromatic carbocycles. The molecule has 0 saturated carbocycles. The minimum Gasteiger partial charge on any atom is -0.332 e. The number of hydrogen-bond donors (Lipinski definition) is 0. The molecule has 11 heteroatoms. The van der Waals surface area contributed by atoms with Crippen LogP contribution in [-0.4, -0.2) is 48.9 Å². The average molecular weight is 472 g/mol. The molecule has 2 aliphatic heterocycles. The number of carbonyl (C=O) groups is 2. The van der Waals surface area contributed by atoms with E-state index in [4.69, 9.17) is 0 Å². The predicted molar refractivity (Wildman–Crippen MR) is 115 cm³/mol. The summed E-state index contributed by atoms with van der Waals surface area (Å²) in [7, 11) is 0. The van der Waals surface area contributed by atoms with Gasteiger partial charge in [0.2, 0.25) is 11.8 Å². The molecule has 8 nitrogen and oxygen atoms in total. The minimum absolute atomic E-state index is 0.0123. The summed E-state index contributed by atoms with van der Waals surface area (Å²) in [6, 6.07) is 3.29. The van der Waals surface area contributed by atoms with Gasteiger partial charge in [0, 0.05) is 43.9 Å². The van der Waals surface area contributed by atoms with Gasteiger partial charge in [0.1, 0.15) is 0 Å². The van der Waals surface area contributed by atoms with Crippen molar-refractivity contribution in [1.82, 2.24) is 24.5 Å². The summed E-state index contributed by atoms with van der Waals surface area (Å²) in [5.74, 6) is -4.47. The zero-order valence-corrected chi connectivity index (χ0v) is 18.5. The fraction of sp³-hybridized carbons (Fsp3) is 0.391. The molecule has 5 rings (SSSR count). The number of anilines is 1. The van der Waals surface area contributed by atoms with Gasteiger partial charge in [-0.2, -0.15) is 10.2 Å². The maximum Gasteiger partial charge on any atom is 0.227 e. The molecule has 0 bridgehead atoms. The van der Waals surface area contributed by atoms with Gasteiger partial charge in [-0.1, -0.05) is 0 Å². The van der Waals surface area contributed by atoms with Crippen LogP contribution < -0.4 is 4.90 Å². The van der Waals surface area contributed by atoms with E-state index in [-0.39, 0.29) is 42.3 Å². The van der Waals surface area contributed by atoms with Crippen molar-refractivity contribution in [2.75, 3.05) is 11.4 Å². The molecule has 0 spiro atoms. The van der Waals surface area contributed by atoms with Crippen molar-refractivity contribution < 1.29 is 22.8 Å². The maximum absolute atomic E-state index is 13.6. The van der Waals surface area contributed by atoms with Crippen LogP contribution in [0.1, 0.15) is 24.6 Å². The SMILES string of the molecule is C[C@H]1Cn2ncc(N3CC(Cn4cccn4)CC3=O)c2CN1C(=O)Cc1cc(F)c(F)c(F)c1. The van der Waals surface area contributed by atoms with Crippen LogP contribution in [-0.2, 0) is 35.6 Å². The molecular formula is C23H23F3N6O2. The van der Waals surface area contributed by atoms with Gasteiger partial charge in [-0.05, 0) is 30.7 Å². The van der Waals surface area contributed by atoms with Crippen molar-refractivity contribution in [2.45, 2.75) is 45.4 Å². The molecule has 2 aromatic heterocycles. The Balaban J connectivity index is 1.33. The Labute approximate surface area is 193 Å². The molecule has 4 heterocycles. The lowest BCUT2D eigenvalue weighted by Gasteiger charge is -2.35. The highest BCUT2D eigenvalue weighted by Gasteiger charge is 2.36. The Morgan fingerprint density at radius 1 is 1.15 bits per heavy atom. The highest BCUT2D eigenvalue weighted by Crippen LogP contribution is 2.32. The second kappa shape index (κ2) is 8.62. The van der Waals surface area contributed by atoms with Crippen molar-refractivity contribution in [3.63, 3.8) is 0 Å². The third kappa shape index (κ3) is 4.06. The van der Waals surface area contributed by atoms with E-state index < -0.39 is 17.5 Å². The fourth-order valence-electron chi connectivity index (χ4n) is 4.74. The van der Waals surface area contributed by atoms with Gasteiger partial charge in [-0.3, -0.25) is 19.0 Å². The molecule has 1 fully saturated rings. The summed E-state index contributed by atoms with van der Waals surface area (Å²) in [6.07, 6.45) is 5.33. The summed E-state index contributed by atoms with van der Waals surface area (Å²) in [5.41, 5.74) is 1.46. The number of hydrogen-bond acceptors (Lipinski definition) is 4. The molecule has 0 N–H and O–H groups in total. The van der Waals surface area contributed by atoms with Crippen LogP contribution in [0.2, 0.25) is 0 Å². The van der Waals surface area contributed by atoms with Gasteiger partial charge in [0.25, 0.3) is 0 Å². The first-order chi connectivity index (χ1) is 16.3. The Morgan fingerprint density at radius 2 is 1.91 bits per heavy atom. The third-order valence-electron chi connectivity index (χ3n) is 6.44. The summed E-state index contributed by atoms with van der Waals surface area (Å²) in [4.78, 5) is 29.1. The summed E-state index contributed by atoms with van der Waals surface area (Å²) in [6.45, 7) is 3.64. The number of halogens is 3. The Kier molecular flexibility index (Phi) is 5.62. The molecule has 2 aliphatic rings. The van der Waals surface area contributed by atoms with E-state index in [1.54, 1.807) is 31.6 Å². The molecule has 2 atom stereocenters. The zero-order chi connectivity index (χ0) is 24.0. The van der Waals surface area contributed by atoms with Gasteiger partial charge in [-0.15, -0.1) is 0 Å². The van der Waals surface area contributed by atoms with Crippen molar-refractivity contribution in [1.29, 1.82) is 0 Å². The average Bonchev–Trinajstić information content (AvgIpc) is 3.51. The van der Waals surface area contributed by atoms with Crippen LogP contribution in [0.3, 0.4) is 0 Å². The topological polar surface area (TPSA) is 76.3 Å². The van der Waals surface area contributed by atoms with E-state index in [1.807, 2.05) is 19.2 Å². The van der Waals surface area contributed by atoms with Crippen LogP contribution in [0, 0.1) is 23.4 Å². The normalized spacial score (nSPS) is 20.2. The van der Waals surface area contributed by atoms with Crippen LogP contribution >= 0.6 is 0 Å². The number of aromatic nitrogens is 4. The van der Waals surface area contributed by atoms with Gasteiger partial charge in [0.15, 0.2) is 17.5 Å². The lowest BCUT2D eigenvalue weighted by molar-refractivity contribution is -0.134. The first-order valence-corrected chi connectivity index (χ1v) is 11.1. The zero-order valence-electron chi connectivity index (χ0n) is 18.5. The van der Waals surface area contributed by atoms with Crippen molar-refractivity contribution in [2.24, 2.45) is 5.92 Å². The quantitative estimate of drug-likeness (QED) is 0.535.